The van der Waals surface area contributed by atoms with Gasteiger partial charge in [-0.25, -0.2) is 0 Å². The Balaban J connectivity index is 1.86. The summed E-state index contributed by atoms with van der Waals surface area (Å²) in [6.45, 7) is 0. The fourth-order valence-electron chi connectivity index (χ4n) is 3.57. The zero-order valence-electron chi connectivity index (χ0n) is 11.9. The molecule has 0 aliphatic heterocycles. The number of aliphatic carboxylic acids is 1. The summed E-state index contributed by atoms with van der Waals surface area (Å²) in [7, 11) is 0. The summed E-state index contributed by atoms with van der Waals surface area (Å²) in [6, 6.07) is 4.67. The van der Waals surface area contributed by atoms with E-state index in [1.165, 1.54) is 18.2 Å². The van der Waals surface area contributed by atoms with Crippen LogP contribution in [0.2, 0.25) is 0 Å². The second kappa shape index (κ2) is 5.40. The number of anilines is 1. The number of fused-ring (bicyclic) bond motifs is 2. The number of carbonyl (C=O) groups excluding carboxylic acids is 1. The van der Waals surface area contributed by atoms with Crippen LogP contribution in [0.4, 0.5) is 18.9 Å². The van der Waals surface area contributed by atoms with E-state index in [2.05, 4.69) is 5.32 Å². The Morgan fingerprint density at radius 1 is 1.09 bits per heavy atom. The van der Waals surface area contributed by atoms with Gasteiger partial charge in [-0.05, 0) is 30.4 Å². The molecule has 0 unspecified atom stereocenters. The van der Waals surface area contributed by atoms with Gasteiger partial charge in [0.1, 0.15) is 0 Å². The highest BCUT2D eigenvalue weighted by Gasteiger charge is 2.51. The summed E-state index contributed by atoms with van der Waals surface area (Å²) in [5, 5.41) is 11.6. The van der Waals surface area contributed by atoms with Crippen LogP contribution in [0.1, 0.15) is 12.0 Å². The number of rotatable bonds is 3. The van der Waals surface area contributed by atoms with Gasteiger partial charge in [-0.15, -0.1) is 0 Å². The Morgan fingerprint density at radius 2 is 1.70 bits per heavy atom. The maximum absolute atomic E-state index is 13.0. The van der Waals surface area contributed by atoms with E-state index >= 15 is 0 Å². The second-order valence-corrected chi connectivity index (χ2v) is 5.87. The van der Waals surface area contributed by atoms with E-state index in [4.69, 9.17) is 0 Å². The summed E-state index contributed by atoms with van der Waals surface area (Å²) < 4.78 is 38.9. The van der Waals surface area contributed by atoms with Crippen molar-refractivity contribution in [3.63, 3.8) is 0 Å². The van der Waals surface area contributed by atoms with E-state index < -0.39 is 35.5 Å². The molecule has 1 fully saturated rings. The van der Waals surface area contributed by atoms with Crippen LogP contribution < -0.4 is 5.32 Å². The Kier molecular flexibility index (Phi) is 3.66. The molecule has 2 N–H and O–H groups in total. The average molecular weight is 325 g/mol. The van der Waals surface area contributed by atoms with Gasteiger partial charge in [0.2, 0.25) is 5.91 Å². The lowest BCUT2D eigenvalue weighted by atomic mass is 9.82. The number of hydrogen-bond donors (Lipinski definition) is 2. The van der Waals surface area contributed by atoms with Gasteiger partial charge in [-0.2, -0.15) is 13.2 Å². The van der Waals surface area contributed by atoms with Gasteiger partial charge >= 0.3 is 12.1 Å². The molecule has 0 radical (unpaired) electrons. The molecule has 0 saturated heterocycles. The molecule has 4 atom stereocenters. The molecule has 3 rings (SSSR count). The third-order valence-corrected chi connectivity index (χ3v) is 4.54. The van der Waals surface area contributed by atoms with Crippen LogP contribution in [0.3, 0.4) is 0 Å². The molecular weight excluding hydrogens is 311 g/mol. The highest BCUT2D eigenvalue weighted by molar-refractivity contribution is 5.97. The smallest absolute Gasteiger partial charge is 0.418 e. The Bertz CT molecular complexity index is 683. The highest BCUT2D eigenvalue weighted by atomic mass is 19.4. The average Bonchev–Trinajstić information content (AvgIpc) is 3.07. The molecule has 0 aromatic heterocycles. The maximum Gasteiger partial charge on any atom is 0.418 e. The summed E-state index contributed by atoms with van der Waals surface area (Å²) in [6.07, 6.45) is -0.485. The van der Waals surface area contributed by atoms with Gasteiger partial charge < -0.3 is 10.4 Å². The zero-order chi connectivity index (χ0) is 16.8. The van der Waals surface area contributed by atoms with Crippen molar-refractivity contribution in [1.29, 1.82) is 0 Å². The van der Waals surface area contributed by atoms with E-state index in [-0.39, 0.29) is 17.5 Å². The summed E-state index contributed by atoms with van der Waals surface area (Å²) in [5.74, 6) is -3.96. The van der Waals surface area contributed by atoms with Crippen molar-refractivity contribution in [2.24, 2.45) is 23.7 Å². The molecule has 4 nitrogen and oxygen atoms in total. The van der Waals surface area contributed by atoms with Gasteiger partial charge in [0.15, 0.2) is 0 Å². The first kappa shape index (κ1) is 15.6. The zero-order valence-corrected chi connectivity index (χ0v) is 11.9. The molecule has 0 heterocycles. The van der Waals surface area contributed by atoms with E-state index in [0.717, 1.165) is 6.07 Å². The summed E-state index contributed by atoms with van der Waals surface area (Å²) >= 11 is 0. The SMILES string of the molecule is O=C(Nc1ccccc1C(F)(F)F)[C@@H]1[C@H](C(=O)O)[C@H]2C=C[C@H]1C2. The minimum absolute atomic E-state index is 0.230. The Morgan fingerprint density at radius 3 is 2.30 bits per heavy atom. The highest BCUT2D eigenvalue weighted by Crippen LogP contribution is 2.48. The topological polar surface area (TPSA) is 66.4 Å². The number of carboxylic acids is 1. The van der Waals surface area contributed by atoms with Crippen LogP contribution in [0.25, 0.3) is 0 Å². The minimum Gasteiger partial charge on any atom is -0.481 e. The standard InChI is InChI=1S/C16H14F3NO3/c17-16(18,19)10-3-1-2-4-11(10)20-14(21)12-8-5-6-9(7-8)13(12)15(22)23/h1-6,8-9,12-13H,7H2,(H,20,21)(H,22,23)/t8-,9-,12-,13+/m0/s1. The van der Waals surface area contributed by atoms with Crippen molar-refractivity contribution < 1.29 is 27.9 Å². The van der Waals surface area contributed by atoms with Crippen molar-refractivity contribution in [2.45, 2.75) is 12.6 Å². The summed E-state index contributed by atoms with van der Waals surface area (Å²) in [4.78, 5) is 23.8. The lowest BCUT2D eigenvalue weighted by molar-refractivity contribution is -0.147. The van der Waals surface area contributed by atoms with Crippen molar-refractivity contribution in [3.05, 3.63) is 42.0 Å². The first-order valence-electron chi connectivity index (χ1n) is 7.17. The number of alkyl halides is 3. The number of para-hydroxylation sites is 1. The van der Waals surface area contributed by atoms with Crippen LogP contribution >= 0.6 is 0 Å². The maximum atomic E-state index is 13.0. The molecule has 2 aliphatic rings. The number of allylic oxidation sites excluding steroid dienone is 2. The molecule has 23 heavy (non-hydrogen) atoms. The van der Waals surface area contributed by atoms with Crippen molar-refractivity contribution in [3.8, 4) is 0 Å². The largest absolute Gasteiger partial charge is 0.481 e. The van der Waals surface area contributed by atoms with Gasteiger partial charge in [0, 0.05) is 0 Å². The predicted octanol–water partition coefficient (Wildman–Crippen LogP) is 3.17. The molecule has 1 saturated carbocycles. The van der Waals surface area contributed by atoms with E-state index in [0.29, 0.717) is 6.42 Å². The number of carboxylic acid groups (broad SMARTS) is 1. The monoisotopic (exact) mass is 325 g/mol. The van der Waals surface area contributed by atoms with Crippen LogP contribution in [0, 0.1) is 23.7 Å². The van der Waals surface area contributed by atoms with Crippen LogP contribution in [-0.2, 0) is 15.8 Å². The van der Waals surface area contributed by atoms with Gasteiger partial charge in [0.25, 0.3) is 0 Å². The van der Waals surface area contributed by atoms with Crippen LogP contribution in [0.15, 0.2) is 36.4 Å². The molecule has 122 valence electrons. The number of hydrogen-bond acceptors (Lipinski definition) is 2. The van der Waals surface area contributed by atoms with Crippen molar-refractivity contribution >= 4 is 17.6 Å². The van der Waals surface area contributed by atoms with Crippen molar-refractivity contribution in [1.82, 2.24) is 0 Å². The van der Waals surface area contributed by atoms with Crippen LogP contribution in [0.5, 0.6) is 0 Å². The third kappa shape index (κ3) is 2.71. The fraction of sp³-hybridized carbons (Fsp3) is 0.375. The lowest BCUT2D eigenvalue weighted by Crippen LogP contribution is -2.36. The first-order chi connectivity index (χ1) is 10.8. The van der Waals surface area contributed by atoms with Gasteiger partial charge in [-0.1, -0.05) is 24.3 Å². The molecule has 1 aromatic rings. The molecule has 2 bridgehead atoms. The third-order valence-electron chi connectivity index (χ3n) is 4.54. The minimum atomic E-state index is -4.59. The normalized spacial score (nSPS) is 28.8. The molecule has 1 aromatic carbocycles. The molecule has 7 heteroatoms. The van der Waals surface area contributed by atoms with E-state index in [1.807, 2.05) is 0 Å². The Labute approximate surface area is 130 Å². The lowest BCUT2D eigenvalue weighted by Gasteiger charge is -2.24. The van der Waals surface area contributed by atoms with E-state index in [9.17, 15) is 27.9 Å². The van der Waals surface area contributed by atoms with E-state index in [1.54, 1.807) is 12.2 Å². The number of nitrogens with one attached hydrogen (secondary N) is 1. The second-order valence-electron chi connectivity index (χ2n) is 5.87. The van der Waals surface area contributed by atoms with Crippen LogP contribution in [-0.4, -0.2) is 17.0 Å². The molecule has 1 amide bonds. The number of carbonyl (C=O) groups is 2. The predicted molar refractivity (Wildman–Crippen MR) is 75.4 cm³/mol. The molecular formula is C16H14F3NO3. The van der Waals surface area contributed by atoms with Crippen molar-refractivity contribution in [2.75, 3.05) is 5.32 Å². The number of amides is 1. The van der Waals surface area contributed by atoms with Gasteiger partial charge in [0.05, 0.1) is 23.1 Å². The molecule has 0 spiro atoms. The number of benzene rings is 1. The fourth-order valence-corrected chi connectivity index (χ4v) is 3.57. The quantitative estimate of drug-likeness (QED) is 0.839. The Hall–Kier alpha value is -2.31. The summed E-state index contributed by atoms with van der Waals surface area (Å²) in [5.41, 5.74) is -1.29. The van der Waals surface area contributed by atoms with Gasteiger partial charge in [-0.3, -0.25) is 9.59 Å². The number of halogens is 3. The first-order valence-corrected chi connectivity index (χ1v) is 7.17. The molecule has 2 aliphatic carbocycles.